The summed E-state index contributed by atoms with van der Waals surface area (Å²) in [7, 11) is 0. The summed E-state index contributed by atoms with van der Waals surface area (Å²) >= 11 is 0. The van der Waals surface area contributed by atoms with Crippen LogP contribution >= 0.6 is 0 Å². The van der Waals surface area contributed by atoms with Gasteiger partial charge in [-0.25, -0.2) is 4.39 Å². The first-order valence-corrected chi connectivity index (χ1v) is 5.60. The third-order valence-electron chi connectivity index (χ3n) is 2.57. The van der Waals surface area contributed by atoms with Crippen molar-refractivity contribution in [2.75, 3.05) is 6.61 Å². The predicted octanol–water partition coefficient (Wildman–Crippen LogP) is 2.04. The first-order valence-electron chi connectivity index (χ1n) is 5.60. The van der Waals surface area contributed by atoms with E-state index in [0.717, 1.165) is 0 Å². The predicted molar refractivity (Wildman–Crippen MR) is 63.1 cm³/mol. The van der Waals surface area contributed by atoms with E-state index in [1.807, 2.05) is 0 Å². The lowest BCUT2D eigenvalue weighted by Gasteiger charge is -2.29. The molecule has 1 rings (SSSR count). The maximum atomic E-state index is 13.6. The summed E-state index contributed by atoms with van der Waals surface area (Å²) in [5, 5.41) is 18.8. The molecule has 0 fully saturated rings. The van der Waals surface area contributed by atoms with E-state index in [9.17, 15) is 14.6 Å². The maximum Gasteiger partial charge on any atom is 0.160 e. The summed E-state index contributed by atoms with van der Waals surface area (Å²) in [4.78, 5) is 0. The van der Waals surface area contributed by atoms with Crippen LogP contribution in [0.4, 0.5) is 4.39 Å². The minimum absolute atomic E-state index is 0.278. The summed E-state index contributed by atoms with van der Waals surface area (Å²) in [5.41, 5.74) is 0.468. The Morgan fingerprint density at radius 3 is 2.41 bits per heavy atom. The lowest BCUT2D eigenvalue weighted by Crippen LogP contribution is -2.35. The van der Waals surface area contributed by atoms with Gasteiger partial charge in [0.05, 0.1) is 12.7 Å². The van der Waals surface area contributed by atoms with Crippen LogP contribution in [0.25, 0.3) is 0 Å². The number of hydrogen-bond acceptors (Lipinski definition) is 3. The molecule has 0 saturated heterocycles. The normalized spacial score (nSPS) is 15.6. The number of halogens is 1. The zero-order valence-electron chi connectivity index (χ0n) is 10.4. The molecule has 0 heterocycles. The molecule has 0 bridgehead atoms. The molecule has 0 aliphatic rings. The van der Waals surface area contributed by atoms with E-state index in [1.165, 1.54) is 19.9 Å². The standard InChI is InChI=1S/C13H19FO3/c1-9(10-6-4-5-7-11(10)14)12(8-15)17-13(2,3)16/h4-7,9,12,15-16H,8H2,1-3H3. The fourth-order valence-corrected chi connectivity index (χ4v) is 1.71. The molecule has 17 heavy (non-hydrogen) atoms. The molecular formula is C13H19FO3. The Hall–Kier alpha value is -0.970. The van der Waals surface area contributed by atoms with Gasteiger partial charge in [-0.3, -0.25) is 0 Å². The average Bonchev–Trinajstić information content (AvgIpc) is 2.24. The average molecular weight is 242 g/mol. The van der Waals surface area contributed by atoms with E-state index < -0.39 is 11.9 Å². The minimum Gasteiger partial charge on any atom is -0.394 e. The number of ether oxygens (including phenoxy) is 1. The van der Waals surface area contributed by atoms with Crippen molar-refractivity contribution < 1.29 is 19.3 Å². The Kier molecular flexibility index (Phi) is 4.62. The van der Waals surface area contributed by atoms with Gasteiger partial charge in [0.2, 0.25) is 0 Å². The molecule has 0 spiro atoms. The molecule has 0 aliphatic heterocycles. The fourth-order valence-electron chi connectivity index (χ4n) is 1.71. The molecule has 96 valence electrons. The van der Waals surface area contributed by atoms with Gasteiger partial charge in [0.1, 0.15) is 5.82 Å². The lowest BCUT2D eigenvalue weighted by atomic mass is 9.95. The fraction of sp³-hybridized carbons (Fsp3) is 0.538. The summed E-state index contributed by atoms with van der Waals surface area (Å²) < 4.78 is 18.9. The number of aliphatic hydroxyl groups excluding tert-OH is 1. The summed E-state index contributed by atoms with van der Waals surface area (Å²) in [5.74, 6) is -2.03. The van der Waals surface area contributed by atoms with E-state index in [4.69, 9.17) is 4.74 Å². The number of benzene rings is 1. The molecule has 0 aliphatic carbocycles. The van der Waals surface area contributed by atoms with Crippen LogP contribution in [0, 0.1) is 5.82 Å². The van der Waals surface area contributed by atoms with E-state index in [-0.39, 0.29) is 18.3 Å². The molecular weight excluding hydrogens is 223 g/mol. The molecule has 1 aromatic rings. The monoisotopic (exact) mass is 242 g/mol. The van der Waals surface area contributed by atoms with Crippen LogP contribution in [0.3, 0.4) is 0 Å². The van der Waals surface area contributed by atoms with Crippen molar-refractivity contribution in [1.82, 2.24) is 0 Å². The van der Waals surface area contributed by atoms with Gasteiger partial charge in [0.25, 0.3) is 0 Å². The van der Waals surface area contributed by atoms with Crippen molar-refractivity contribution in [2.45, 2.75) is 38.6 Å². The van der Waals surface area contributed by atoms with Gasteiger partial charge in [-0.15, -0.1) is 0 Å². The van der Waals surface area contributed by atoms with Gasteiger partial charge in [-0.2, -0.15) is 0 Å². The number of aliphatic hydroxyl groups is 2. The first kappa shape index (κ1) is 14.1. The SMILES string of the molecule is CC(c1ccccc1F)C(CO)OC(C)(C)O. The number of rotatable bonds is 5. The van der Waals surface area contributed by atoms with Crippen LogP contribution in [-0.2, 0) is 4.74 Å². The summed E-state index contributed by atoms with van der Waals surface area (Å²) in [6.07, 6.45) is -0.646. The molecule has 2 atom stereocenters. The largest absolute Gasteiger partial charge is 0.394 e. The van der Waals surface area contributed by atoms with Crippen molar-refractivity contribution in [3.8, 4) is 0 Å². The third-order valence-corrected chi connectivity index (χ3v) is 2.57. The van der Waals surface area contributed by atoms with Gasteiger partial charge < -0.3 is 14.9 Å². The Labute approximate surface area is 101 Å². The second-order valence-electron chi connectivity index (χ2n) is 4.60. The van der Waals surface area contributed by atoms with E-state index in [2.05, 4.69) is 0 Å². The third kappa shape index (κ3) is 4.07. The highest BCUT2D eigenvalue weighted by Crippen LogP contribution is 2.26. The highest BCUT2D eigenvalue weighted by atomic mass is 19.1. The first-order chi connectivity index (χ1) is 7.85. The zero-order valence-corrected chi connectivity index (χ0v) is 10.4. The Bertz CT molecular complexity index is 360. The van der Waals surface area contributed by atoms with Crippen LogP contribution in [0.5, 0.6) is 0 Å². The summed E-state index contributed by atoms with van der Waals surface area (Å²) in [6.45, 7) is 4.43. The van der Waals surface area contributed by atoms with Crippen LogP contribution < -0.4 is 0 Å². The molecule has 4 heteroatoms. The highest BCUT2D eigenvalue weighted by molar-refractivity contribution is 5.22. The van der Waals surface area contributed by atoms with Crippen LogP contribution in [0.1, 0.15) is 32.3 Å². The molecule has 0 aromatic heterocycles. The Balaban J connectivity index is 2.87. The molecule has 0 radical (unpaired) electrons. The van der Waals surface area contributed by atoms with Crippen LogP contribution in [-0.4, -0.2) is 28.7 Å². The Morgan fingerprint density at radius 1 is 1.35 bits per heavy atom. The smallest absolute Gasteiger partial charge is 0.160 e. The van der Waals surface area contributed by atoms with Crippen LogP contribution in [0.2, 0.25) is 0 Å². The lowest BCUT2D eigenvalue weighted by molar-refractivity contribution is -0.216. The van der Waals surface area contributed by atoms with Gasteiger partial charge in [-0.1, -0.05) is 25.1 Å². The Morgan fingerprint density at radius 2 is 1.94 bits per heavy atom. The molecule has 2 N–H and O–H groups in total. The van der Waals surface area contributed by atoms with Gasteiger partial charge in [-0.05, 0) is 25.5 Å². The highest BCUT2D eigenvalue weighted by Gasteiger charge is 2.27. The van der Waals surface area contributed by atoms with Crippen molar-refractivity contribution in [3.05, 3.63) is 35.6 Å². The van der Waals surface area contributed by atoms with Crippen LogP contribution in [0.15, 0.2) is 24.3 Å². The topological polar surface area (TPSA) is 49.7 Å². The van der Waals surface area contributed by atoms with Gasteiger partial charge in [0, 0.05) is 5.92 Å². The maximum absolute atomic E-state index is 13.6. The van der Waals surface area contributed by atoms with Crippen molar-refractivity contribution >= 4 is 0 Å². The van der Waals surface area contributed by atoms with Crippen molar-refractivity contribution in [2.24, 2.45) is 0 Å². The molecule has 1 aromatic carbocycles. The van der Waals surface area contributed by atoms with E-state index in [1.54, 1.807) is 25.1 Å². The zero-order chi connectivity index (χ0) is 13.1. The van der Waals surface area contributed by atoms with Gasteiger partial charge in [0.15, 0.2) is 5.79 Å². The van der Waals surface area contributed by atoms with Crippen molar-refractivity contribution in [3.63, 3.8) is 0 Å². The quantitative estimate of drug-likeness (QED) is 0.777. The second-order valence-corrected chi connectivity index (χ2v) is 4.60. The molecule has 0 saturated carbocycles. The molecule has 0 amide bonds. The minimum atomic E-state index is -1.35. The summed E-state index contributed by atoms with van der Waals surface area (Å²) in [6, 6.07) is 6.35. The van der Waals surface area contributed by atoms with E-state index in [0.29, 0.717) is 5.56 Å². The number of hydrogen-bond donors (Lipinski definition) is 2. The van der Waals surface area contributed by atoms with Crippen molar-refractivity contribution in [1.29, 1.82) is 0 Å². The second kappa shape index (κ2) is 5.58. The van der Waals surface area contributed by atoms with Gasteiger partial charge >= 0.3 is 0 Å². The molecule has 3 nitrogen and oxygen atoms in total. The molecule has 2 unspecified atom stereocenters. The van der Waals surface area contributed by atoms with E-state index >= 15 is 0 Å².